The van der Waals surface area contributed by atoms with E-state index in [1.807, 2.05) is 0 Å². The van der Waals surface area contributed by atoms with Gasteiger partial charge >= 0.3 is 0 Å². The first-order valence-electron chi connectivity index (χ1n) is 5.33. The molecule has 1 aliphatic heterocycles. The molecule has 2 heterocycles. The van der Waals surface area contributed by atoms with Crippen LogP contribution in [0, 0.1) is 0 Å². The number of nitrogens with one attached hydrogen (secondary N) is 2. The molecule has 3 rings (SSSR count). The number of benzene rings is 1. The van der Waals surface area contributed by atoms with Crippen molar-refractivity contribution in [3.8, 4) is 0 Å². The Morgan fingerprint density at radius 1 is 1.19 bits per heavy atom. The second-order valence-corrected chi connectivity index (χ2v) is 3.75. The van der Waals surface area contributed by atoms with Gasteiger partial charge in [0.1, 0.15) is 0 Å². The van der Waals surface area contributed by atoms with Gasteiger partial charge in [-0.3, -0.25) is 0 Å². The van der Waals surface area contributed by atoms with Gasteiger partial charge in [-0.05, 0) is 30.2 Å². The Balaban J connectivity index is 1.86. The van der Waals surface area contributed by atoms with Crippen molar-refractivity contribution in [2.24, 2.45) is 0 Å². The highest BCUT2D eigenvalue weighted by molar-refractivity contribution is 5.66. The van der Waals surface area contributed by atoms with E-state index in [1.165, 1.54) is 11.3 Å². The zero-order valence-electron chi connectivity index (χ0n) is 8.77. The molecule has 0 saturated carbocycles. The van der Waals surface area contributed by atoms with Crippen LogP contribution in [0.4, 0.5) is 17.3 Å². The van der Waals surface area contributed by atoms with Crippen molar-refractivity contribution in [1.82, 2.24) is 9.97 Å². The summed E-state index contributed by atoms with van der Waals surface area (Å²) in [6.45, 7) is 1.03. The Morgan fingerprint density at radius 3 is 2.94 bits per heavy atom. The van der Waals surface area contributed by atoms with Crippen LogP contribution in [0.25, 0.3) is 0 Å². The second-order valence-electron chi connectivity index (χ2n) is 3.75. The van der Waals surface area contributed by atoms with Crippen molar-refractivity contribution >= 4 is 17.3 Å². The van der Waals surface area contributed by atoms with Crippen LogP contribution in [0.3, 0.4) is 0 Å². The minimum absolute atomic E-state index is 0.625. The maximum Gasteiger partial charge on any atom is 0.227 e. The summed E-state index contributed by atoms with van der Waals surface area (Å²) in [6.07, 6.45) is 4.55. The van der Waals surface area contributed by atoms with Crippen LogP contribution in [0.5, 0.6) is 0 Å². The van der Waals surface area contributed by atoms with E-state index < -0.39 is 0 Å². The quantitative estimate of drug-likeness (QED) is 0.801. The first-order chi connectivity index (χ1) is 7.92. The van der Waals surface area contributed by atoms with Crippen LogP contribution in [0.2, 0.25) is 0 Å². The van der Waals surface area contributed by atoms with Gasteiger partial charge in [-0.15, -0.1) is 0 Å². The molecule has 0 spiro atoms. The fourth-order valence-electron chi connectivity index (χ4n) is 1.86. The van der Waals surface area contributed by atoms with Crippen LogP contribution < -0.4 is 10.6 Å². The van der Waals surface area contributed by atoms with Gasteiger partial charge in [0.15, 0.2) is 0 Å². The van der Waals surface area contributed by atoms with E-state index in [2.05, 4.69) is 38.8 Å². The fraction of sp³-hybridized carbons (Fsp3) is 0.167. The predicted molar refractivity (Wildman–Crippen MR) is 64.0 cm³/mol. The van der Waals surface area contributed by atoms with E-state index in [4.69, 9.17) is 0 Å². The van der Waals surface area contributed by atoms with Gasteiger partial charge in [0.2, 0.25) is 5.95 Å². The molecule has 16 heavy (non-hydrogen) atoms. The molecule has 1 aromatic heterocycles. The molecule has 0 bridgehead atoms. The lowest BCUT2D eigenvalue weighted by Crippen LogP contribution is -1.96. The van der Waals surface area contributed by atoms with Gasteiger partial charge in [0, 0.05) is 30.3 Å². The Labute approximate surface area is 93.8 Å². The zero-order valence-corrected chi connectivity index (χ0v) is 8.77. The number of aromatic nitrogens is 2. The molecular weight excluding hydrogens is 200 g/mol. The normalized spacial score (nSPS) is 13.0. The minimum Gasteiger partial charge on any atom is -0.384 e. The van der Waals surface area contributed by atoms with Crippen LogP contribution in [-0.2, 0) is 6.42 Å². The summed E-state index contributed by atoms with van der Waals surface area (Å²) >= 11 is 0. The Bertz CT molecular complexity index is 496. The van der Waals surface area contributed by atoms with E-state index in [0.717, 1.165) is 18.7 Å². The summed E-state index contributed by atoms with van der Waals surface area (Å²) in [6, 6.07) is 8.09. The third kappa shape index (κ3) is 1.69. The summed E-state index contributed by atoms with van der Waals surface area (Å²) in [5.74, 6) is 0.625. The third-order valence-electron chi connectivity index (χ3n) is 2.64. The van der Waals surface area contributed by atoms with Gasteiger partial charge in [-0.1, -0.05) is 6.07 Å². The van der Waals surface area contributed by atoms with E-state index in [1.54, 1.807) is 18.5 Å². The number of fused-ring (bicyclic) bond motifs is 1. The number of hydrogen-bond donors (Lipinski definition) is 2. The van der Waals surface area contributed by atoms with Gasteiger partial charge in [-0.25, -0.2) is 9.97 Å². The molecule has 4 heteroatoms. The molecule has 0 unspecified atom stereocenters. The van der Waals surface area contributed by atoms with Crippen LogP contribution >= 0.6 is 0 Å². The molecule has 0 radical (unpaired) electrons. The number of rotatable bonds is 2. The summed E-state index contributed by atoms with van der Waals surface area (Å²) in [5, 5.41) is 6.52. The van der Waals surface area contributed by atoms with Crippen molar-refractivity contribution < 1.29 is 0 Å². The molecule has 1 aromatic carbocycles. The molecular formula is C12H12N4. The maximum atomic E-state index is 4.12. The molecule has 0 saturated heterocycles. The zero-order chi connectivity index (χ0) is 10.8. The van der Waals surface area contributed by atoms with E-state index in [-0.39, 0.29) is 0 Å². The summed E-state index contributed by atoms with van der Waals surface area (Å²) in [5.41, 5.74) is 3.60. The van der Waals surface area contributed by atoms with Crippen molar-refractivity contribution in [1.29, 1.82) is 0 Å². The van der Waals surface area contributed by atoms with Crippen molar-refractivity contribution in [3.63, 3.8) is 0 Å². The first kappa shape index (κ1) is 9.15. The highest BCUT2D eigenvalue weighted by Crippen LogP contribution is 2.26. The standard InChI is InChI=1S/C12H12N4/c1-5-14-12(15-6-1)16-10-3-2-9-4-7-13-11(9)8-10/h1-3,5-6,8,13H,4,7H2,(H,14,15,16). The summed E-state index contributed by atoms with van der Waals surface area (Å²) in [4.78, 5) is 8.25. The van der Waals surface area contributed by atoms with Crippen LogP contribution in [0.15, 0.2) is 36.7 Å². The lowest BCUT2D eigenvalue weighted by atomic mass is 10.1. The monoisotopic (exact) mass is 212 g/mol. The number of anilines is 3. The molecule has 4 nitrogen and oxygen atoms in total. The van der Waals surface area contributed by atoms with E-state index in [9.17, 15) is 0 Å². The van der Waals surface area contributed by atoms with Crippen LogP contribution in [0.1, 0.15) is 5.56 Å². The molecule has 2 aromatic rings. The van der Waals surface area contributed by atoms with Gasteiger partial charge in [0.05, 0.1) is 0 Å². The Morgan fingerprint density at radius 2 is 2.06 bits per heavy atom. The molecule has 2 N–H and O–H groups in total. The molecule has 0 amide bonds. The molecule has 80 valence electrons. The molecule has 1 aliphatic rings. The third-order valence-corrected chi connectivity index (χ3v) is 2.64. The Hall–Kier alpha value is -2.10. The van der Waals surface area contributed by atoms with E-state index >= 15 is 0 Å². The van der Waals surface area contributed by atoms with Gasteiger partial charge < -0.3 is 10.6 Å². The highest BCUT2D eigenvalue weighted by atomic mass is 15.1. The largest absolute Gasteiger partial charge is 0.384 e. The lowest BCUT2D eigenvalue weighted by molar-refractivity contribution is 1.11. The molecule has 0 fully saturated rings. The van der Waals surface area contributed by atoms with Crippen molar-refractivity contribution in [2.75, 3.05) is 17.2 Å². The second kappa shape index (κ2) is 3.81. The SMILES string of the molecule is c1cnc(Nc2ccc3c(c2)NCC3)nc1. The minimum atomic E-state index is 0.625. The topological polar surface area (TPSA) is 49.8 Å². The van der Waals surface area contributed by atoms with Gasteiger partial charge in [-0.2, -0.15) is 0 Å². The summed E-state index contributed by atoms with van der Waals surface area (Å²) < 4.78 is 0. The summed E-state index contributed by atoms with van der Waals surface area (Å²) in [7, 11) is 0. The maximum absolute atomic E-state index is 4.12. The number of hydrogen-bond acceptors (Lipinski definition) is 4. The average molecular weight is 212 g/mol. The first-order valence-corrected chi connectivity index (χ1v) is 5.33. The fourth-order valence-corrected chi connectivity index (χ4v) is 1.86. The van der Waals surface area contributed by atoms with E-state index in [0.29, 0.717) is 5.95 Å². The van der Waals surface area contributed by atoms with Crippen molar-refractivity contribution in [2.45, 2.75) is 6.42 Å². The highest BCUT2D eigenvalue weighted by Gasteiger charge is 2.09. The van der Waals surface area contributed by atoms with Crippen molar-refractivity contribution in [3.05, 3.63) is 42.2 Å². The smallest absolute Gasteiger partial charge is 0.227 e. The van der Waals surface area contributed by atoms with Gasteiger partial charge in [0.25, 0.3) is 0 Å². The number of nitrogens with zero attached hydrogens (tertiary/aromatic N) is 2. The predicted octanol–water partition coefficient (Wildman–Crippen LogP) is 2.19. The lowest BCUT2D eigenvalue weighted by Gasteiger charge is -2.06. The van der Waals surface area contributed by atoms with Crippen LogP contribution in [-0.4, -0.2) is 16.5 Å². The Kier molecular flexibility index (Phi) is 2.18. The average Bonchev–Trinajstić information content (AvgIpc) is 2.77. The molecule has 0 aliphatic carbocycles. The molecule has 0 atom stereocenters.